The topological polar surface area (TPSA) is 66.2 Å². The number of halogens is 4. The Balaban J connectivity index is 2.17. The van der Waals surface area contributed by atoms with E-state index in [2.05, 4.69) is 22.1 Å². The highest BCUT2D eigenvalue weighted by Gasteiger charge is 2.34. The molecule has 0 saturated carbocycles. The molecule has 0 aromatic heterocycles. The first kappa shape index (κ1) is 29.5. The summed E-state index contributed by atoms with van der Waals surface area (Å²) in [5.41, 5.74) is 5.62. The van der Waals surface area contributed by atoms with E-state index in [4.69, 9.17) is 16.3 Å². The molecule has 3 aromatic rings. The minimum atomic E-state index is -4.67. The average Bonchev–Trinajstić information content (AvgIpc) is 2.89. The van der Waals surface area contributed by atoms with Gasteiger partial charge in [0, 0.05) is 24.7 Å². The van der Waals surface area contributed by atoms with Gasteiger partial charge in [-0.1, -0.05) is 60.2 Å². The summed E-state index contributed by atoms with van der Waals surface area (Å²) in [6.07, 6.45) is -3.78. The molecule has 3 aromatic carbocycles. The average molecular weight is 556 g/mol. The summed E-state index contributed by atoms with van der Waals surface area (Å²) >= 11 is 5.98. The molecule has 0 spiro atoms. The zero-order valence-electron chi connectivity index (χ0n) is 22.0. The quantitative estimate of drug-likeness (QED) is 0.161. The second kappa shape index (κ2) is 12.7. The second-order valence-corrected chi connectivity index (χ2v) is 9.13. The van der Waals surface area contributed by atoms with Crippen LogP contribution in [0, 0.1) is 0 Å². The maximum atomic E-state index is 13.5. The molecule has 3 rings (SSSR count). The number of aromatic hydroxyl groups is 1. The van der Waals surface area contributed by atoms with Gasteiger partial charge in [0.1, 0.15) is 23.8 Å². The molecule has 0 saturated heterocycles. The van der Waals surface area contributed by atoms with Crippen LogP contribution in [-0.2, 0) is 6.61 Å². The summed E-state index contributed by atoms with van der Waals surface area (Å²) in [6, 6.07) is 17.5. The highest BCUT2D eigenvalue weighted by Crippen LogP contribution is 2.44. The summed E-state index contributed by atoms with van der Waals surface area (Å²) < 4.78 is 46.6. The Kier molecular flexibility index (Phi) is 9.59. The van der Waals surface area contributed by atoms with Crippen molar-refractivity contribution in [2.45, 2.75) is 26.6 Å². The summed E-state index contributed by atoms with van der Waals surface area (Å²) in [5.74, 6) is 0.102. The molecule has 5 nitrogen and oxygen atoms in total. The Morgan fingerprint density at radius 1 is 1.05 bits per heavy atom. The molecular weight excluding hydrogens is 527 g/mol. The lowest BCUT2D eigenvalue weighted by Crippen LogP contribution is -2.21. The molecule has 9 heteroatoms. The van der Waals surface area contributed by atoms with Gasteiger partial charge in [0.05, 0.1) is 11.3 Å². The van der Waals surface area contributed by atoms with Crippen molar-refractivity contribution >= 4 is 28.6 Å². The zero-order valence-corrected chi connectivity index (χ0v) is 22.8. The predicted octanol–water partition coefficient (Wildman–Crippen LogP) is 7.83. The number of ether oxygens (including phenoxy) is 1. The molecule has 0 atom stereocenters. The largest absolute Gasteiger partial charge is 0.507 e. The maximum absolute atomic E-state index is 13.5. The van der Waals surface area contributed by atoms with Crippen LogP contribution >= 0.6 is 11.6 Å². The number of benzene rings is 3. The van der Waals surface area contributed by atoms with Crippen molar-refractivity contribution in [2.24, 2.45) is 10.1 Å². The van der Waals surface area contributed by atoms with Crippen molar-refractivity contribution in [3.8, 4) is 22.6 Å². The number of nitrogens with zero attached hydrogens (tertiary/aromatic N) is 2. The van der Waals surface area contributed by atoms with E-state index in [1.54, 1.807) is 44.3 Å². The first-order valence-corrected chi connectivity index (χ1v) is 12.3. The molecule has 0 radical (unpaired) electrons. The minimum Gasteiger partial charge on any atom is -0.507 e. The van der Waals surface area contributed by atoms with Crippen LogP contribution in [-0.4, -0.2) is 36.8 Å². The van der Waals surface area contributed by atoms with Crippen LogP contribution < -0.4 is 10.2 Å². The summed E-state index contributed by atoms with van der Waals surface area (Å²) in [7, 11) is 2.76. The Hall–Kier alpha value is -4.04. The SMILES string of the molecule is C=C(C)/C(=C\C(=NC)C(F)(F)F)c1ccc(OCc2ccc(Cl)cc2)c(-c2ccc(/C(C)=N\NC)cc2)c1O. The zero-order chi connectivity index (χ0) is 28.7. The number of phenols is 1. The number of aliphatic imine (C=N–C) groups is 1. The molecule has 0 bridgehead atoms. The van der Waals surface area contributed by atoms with Gasteiger partial charge in [-0.3, -0.25) is 4.99 Å². The van der Waals surface area contributed by atoms with Crippen molar-refractivity contribution in [1.82, 2.24) is 5.43 Å². The van der Waals surface area contributed by atoms with E-state index in [1.807, 2.05) is 31.2 Å². The highest BCUT2D eigenvalue weighted by atomic mass is 35.5. The Morgan fingerprint density at radius 2 is 1.69 bits per heavy atom. The van der Waals surface area contributed by atoms with Crippen molar-refractivity contribution in [1.29, 1.82) is 0 Å². The van der Waals surface area contributed by atoms with Crippen LogP contribution in [0.1, 0.15) is 30.5 Å². The Bertz CT molecular complexity index is 1430. The lowest BCUT2D eigenvalue weighted by molar-refractivity contribution is -0.0577. The fourth-order valence-corrected chi connectivity index (χ4v) is 4.01. The van der Waals surface area contributed by atoms with Gasteiger partial charge >= 0.3 is 6.18 Å². The van der Waals surface area contributed by atoms with Gasteiger partial charge in [0.15, 0.2) is 0 Å². The van der Waals surface area contributed by atoms with Gasteiger partial charge in [-0.25, -0.2) is 0 Å². The van der Waals surface area contributed by atoms with Gasteiger partial charge < -0.3 is 15.3 Å². The minimum absolute atomic E-state index is 0.101. The van der Waals surface area contributed by atoms with E-state index in [9.17, 15) is 18.3 Å². The van der Waals surface area contributed by atoms with Crippen LogP contribution in [0.25, 0.3) is 16.7 Å². The van der Waals surface area contributed by atoms with Crippen LogP contribution in [0.5, 0.6) is 11.5 Å². The number of phenolic OH excluding ortho intramolecular Hbond substituents is 1. The van der Waals surface area contributed by atoms with Crippen LogP contribution in [0.15, 0.2) is 89.0 Å². The molecule has 0 amide bonds. The highest BCUT2D eigenvalue weighted by molar-refractivity contribution is 6.30. The molecule has 0 aliphatic rings. The molecular formula is C30H29ClF3N3O2. The van der Waals surface area contributed by atoms with Crippen LogP contribution in [0.3, 0.4) is 0 Å². The van der Waals surface area contributed by atoms with E-state index in [-0.39, 0.29) is 23.5 Å². The molecule has 0 aliphatic carbocycles. The van der Waals surface area contributed by atoms with Crippen molar-refractivity contribution in [3.63, 3.8) is 0 Å². The lowest BCUT2D eigenvalue weighted by Gasteiger charge is -2.19. The monoisotopic (exact) mass is 555 g/mol. The standard InChI is InChI=1S/C30H29ClF3N3O2/c1-18(2)25(16-27(35-4)30(32,33)34)24-14-15-26(39-17-20-6-12-23(31)13-7-20)28(29(24)38)22-10-8-21(9-11-22)19(3)37-36-5/h6-16,36,38H,1,17H2,2-5H3/b25-16+,35-27?,37-19-. The molecule has 0 aliphatic heterocycles. The Morgan fingerprint density at radius 3 is 2.23 bits per heavy atom. The summed E-state index contributed by atoms with van der Waals surface area (Å²) in [5, 5.41) is 16.3. The van der Waals surface area contributed by atoms with E-state index in [0.29, 0.717) is 27.5 Å². The molecule has 39 heavy (non-hydrogen) atoms. The number of nitrogens with one attached hydrogen (secondary N) is 1. The molecule has 0 fully saturated rings. The third-order valence-corrected chi connectivity index (χ3v) is 6.13. The van der Waals surface area contributed by atoms with Crippen molar-refractivity contribution in [3.05, 3.63) is 101 Å². The van der Waals surface area contributed by atoms with Crippen LogP contribution in [0.2, 0.25) is 5.02 Å². The van der Waals surface area contributed by atoms with E-state index >= 15 is 0 Å². The molecule has 2 N–H and O–H groups in total. The van der Waals surface area contributed by atoms with Crippen LogP contribution in [0.4, 0.5) is 13.2 Å². The van der Waals surface area contributed by atoms with Crippen molar-refractivity contribution in [2.75, 3.05) is 14.1 Å². The fourth-order valence-electron chi connectivity index (χ4n) is 3.88. The van der Waals surface area contributed by atoms with Gasteiger partial charge in [-0.2, -0.15) is 18.3 Å². The lowest BCUT2D eigenvalue weighted by atomic mass is 9.92. The fraction of sp³-hybridized carbons (Fsp3) is 0.200. The molecule has 0 unspecified atom stereocenters. The van der Waals surface area contributed by atoms with Gasteiger partial charge in [-0.05, 0) is 66.5 Å². The Labute approximate surface area is 231 Å². The van der Waals surface area contributed by atoms with E-state index in [1.165, 1.54) is 6.07 Å². The van der Waals surface area contributed by atoms with E-state index < -0.39 is 11.9 Å². The molecule has 204 valence electrons. The predicted molar refractivity (Wildman–Crippen MR) is 153 cm³/mol. The number of rotatable bonds is 9. The third-order valence-electron chi connectivity index (χ3n) is 5.88. The smallest absolute Gasteiger partial charge is 0.432 e. The molecule has 0 heterocycles. The summed E-state index contributed by atoms with van der Waals surface area (Å²) in [4.78, 5) is 3.39. The van der Waals surface area contributed by atoms with E-state index in [0.717, 1.165) is 30.0 Å². The second-order valence-electron chi connectivity index (χ2n) is 8.69. The van der Waals surface area contributed by atoms with Gasteiger partial charge in [-0.15, -0.1) is 0 Å². The normalized spacial score (nSPS) is 12.9. The number of hydrogen-bond acceptors (Lipinski definition) is 5. The summed E-state index contributed by atoms with van der Waals surface area (Å²) in [6.45, 7) is 7.43. The number of hydrazone groups is 1. The first-order valence-electron chi connectivity index (χ1n) is 11.9. The van der Waals surface area contributed by atoms with Gasteiger partial charge in [0.2, 0.25) is 0 Å². The first-order chi connectivity index (χ1) is 18.5. The third kappa shape index (κ3) is 7.29. The number of hydrogen-bond donors (Lipinski definition) is 2. The van der Waals surface area contributed by atoms with Crippen molar-refractivity contribution < 1.29 is 23.0 Å². The van der Waals surface area contributed by atoms with Gasteiger partial charge in [0.25, 0.3) is 0 Å². The maximum Gasteiger partial charge on any atom is 0.432 e. The number of alkyl halides is 3. The number of allylic oxidation sites excluding steroid dienone is 3.